The summed E-state index contributed by atoms with van der Waals surface area (Å²) >= 11 is 0. The van der Waals surface area contributed by atoms with Crippen molar-refractivity contribution >= 4 is 59.8 Å². The van der Waals surface area contributed by atoms with Crippen LogP contribution in [0.4, 0.5) is 9.59 Å². The van der Waals surface area contributed by atoms with Gasteiger partial charge in [0.05, 0.1) is 13.2 Å². The molecule has 2 saturated heterocycles. The van der Waals surface area contributed by atoms with Gasteiger partial charge >= 0.3 is 48.0 Å². The molecule has 2 fully saturated rings. The second-order valence-electron chi connectivity index (χ2n) is 15.1. The highest BCUT2D eigenvalue weighted by atomic mass is 16.7. The Hall–Kier alpha value is -5.90. The number of amides is 4. The molecule has 0 saturated carbocycles. The number of rotatable bonds is 28. The van der Waals surface area contributed by atoms with Crippen LogP contribution in [0.3, 0.4) is 0 Å². The maximum atomic E-state index is 12.2. The number of aliphatic hydroxyl groups excluding tert-OH is 1. The summed E-state index contributed by atoms with van der Waals surface area (Å²) in [7, 11) is 0. The Labute approximate surface area is 391 Å². The molecule has 68 heavy (non-hydrogen) atoms. The Morgan fingerprint density at radius 2 is 0.868 bits per heavy atom. The van der Waals surface area contributed by atoms with E-state index in [0.29, 0.717) is 12.8 Å². The van der Waals surface area contributed by atoms with Crippen molar-refractivity contribution in [3.05, 3.63) is 0 Å². The molecule has 0 bridgehead atoms. The molecular formula is C41H64N4O23. The summed E-state index contributed by atoms with van der Waals surface area (Å²) in [4.78, 5) is 118. The summed E-state index contributed by atoms with van der Waals surface area (Å²) in [6.45, 7) is 5.81. The lowest BCUT2D eigenvalue weighted by Crippen LogP contribution is -2.54. The first-order valence-corrected chi connectivity index (χ1v) is 21.7. The number of carbonyl (C=O) groups is 10. The van der Waals surface area contributed by atoms with Crippen LogP contribution in [-0.4, -0.2) is 186 Å². The van der Waals surface area contributed by atoms with E-state index in [1.165, 1.54) is 41.5 Å². The van der Waals surface area contributed by atoms with E-state index >= 15 is 0 Å². The third-order valence-corrected chi connectivity index (χ3v) is 9.06. The van der Waals surface area contributed by atoms with E-state index in [1.807, 2.05) is 0 Å². The van der Waals surface area contributed by atoms with Gasteiger partial charge < -0.3 is 83.2 Å². The first-order chi connectivity index (χ1) is 32.2. The van der Waals surface area contributed by atoms with Crippen molar-refractivity contribution in [2.75, 3.05) is 65.8 Å². The minimum Gasteiger partial charge on any atom is -0.463 e. The summed E-state index contributed by atoms with van der Waals surface area (Å²) < 4.78 is 64.0. The zero-order chi connectivity index (χ0) is 50.6. The lowest BCUT2D eigenvalue weighted by atomic mass is 10.0. The molecule has 8 atom stereocenters. The summed E-state index contributed by atoms with van der Waals surface area (Å²) in [5.74, 6) is -4.58. The van der Waals surface area contributed by atoms with E-state index in [9.17, 15) is 53.1 Å². The monoisotopic (exact) mass is 980 g/mol. The number of alkyl carbamates (subject to hydrolysis) is 2. The van der Waals surface area contributed by atoms with E-state index in [1.54, 1.807) is 0 Å². The van der Waals surface area contributed by atoms with Gasteiger partial charge in [-0.2, -0.15) is 0 Å². The lowest BCUT2D eigenvalue weighted by molar-refractivity contribution is -0.266. The molecule has 2 aliphatic heterocycles. The molecule has 0 aromatic rings. The smallest absolute Gasteiger partial charge is 0.407 e. The standard InChI is InChI=1S/C41H64N4O23/c1-23(46)59-21-32-38(65-27(5)50)30(63-25(3)48)17-36(67-32)57-15-7-11-42-34(53)9-13-44-40(55)61-19-29(52)20-62-41(56)45-14-10-35(54)43-12-8-16-58-37-18-31(64-26(4)49)39(66-28(6)51)33(68-37)22-60-24(2)47/h29-33,36-39,52H,7-22H2,1-6H3,(H,42,53)(H,43,54)(H,44,55)(H,45,56)/t30-,31-,32-,33-,36-,37-,38-,39-/m1/s1. The third kappa shape index (κ3) is 25.9. The van der Waals surface area contributed by atoms with E-state index in [4.69, 9.17) is 56.8 Å². The predicted molar refractivity (Wildman–Crippen MR) is 223 cm³/mol. The van der Waals surface area contributed by atoms with E-state index in [0.717, 1.165) is 0 Å². The minimum absolute atomic E-state index is 0.0178. The van der Waals surface area contributed by atoms with Crippen molar-refractivity contribution < 1.29 is 110 Å². The molecule has 4 amide bonds. The van der Waals surface area contributed by atoms with Crippen LogP contribution in [0.5, 0.6) is 0 Å². The van der Waals surface area contributed by atoms with Crippen LogP contribution in [0.2, 0.25) is 0 Å². The zero-order valence-corrected chi connectivity index (χ0v) is 38.9. The van der Waals surface area contributed by atoms with Crippen molar-refractivity contribution in [3.8, 4) is 0 Å². The predicted octanol–water partition coefficient (Wildman–Crippen LogP) is -1.29. The molecule has 0 aromatic carbocycles. The van der Waals surface area contributed by atoms with Crippen LogP contribution < -0.4 is 21.3 Å². The Kier molecular flexibility index (Phi) is 27.4. The van der Waals surface area contributed by atoms with Crippen LogP contribution in [0.25, 0.3) is 0 Å². The molecule has 2 aliphatic rings. The highest BCUT2D eigenvalue weighted by Gasteiger charge is 2.45. The number of aliphatic hydroxyl groups is 1. The van der Waals surface area contributed by atoms with Gasteiger partial charge in [0.2, 0.25) is 11.8 Å². The second-order valence-corrected chi connectivity index (χ2v) is 15.1. The lowest BCUT2D eigenvalue weighted by Gasteiger charge is -2.39. The minimum atomic E-state index is -1.38. The van der Waals surface area contributed by atoms with E-state index in [2.05, 4.69) is 21.3 Å². The van der Waals surface area contributed by atoms with Crippen molar-refractivity contribution in [1.82, 2.24) is 21.3 Å². The van der Waals surface area contributed by atoms with Crippen molar-refractivity contribution in [2.24, 2.45) is 0 Å². The average molecular weight is 981 g/mol. The topological polar surface area (TPSA) is 350 Å². The van der Waals surface area contributed by atoms with Gasteiger partial charge in [0, 0.05) is 93.4 Å². The van der Waals surface area contributed by atoms with Gasteiger partial charge in [0.1, 0.15) is 56.9 Å². The highest BCUT2D eigenvalue weighted by Crippen LogP contribution is 2.28. The van der Waals surface area contributed by atoms with Crippen LogP contribution in [-0.2, 0) is 95.2 Å². The molecule has 386 valence electrons. The highest BCUT2D eigenvalue weighted by molar-refractivity contribution is 5.77. The van der Waals surface area contributed by atoms with Gasteiger partial charge in [-0.05, 0) is 12.8 Å². The quantitative estimate of drug-likeness (QED) is 0.0346. The van der Waals surface area contributed by atoms with Gasteiger partial charge in [-0.25, -0.2) is 9.59 Å². The fraction of sp³-hybridized carbons (Fsp3) is 0.756. The molecule has 2 rings (SSSR count). The molecule has 5 N–H and O–H groups in total. The van der Waals surface area contributed by atoms with Crippen LogP contribution >= 0.6 is 0 Å². The summed E-state index contributed by atoms with van der Waals surface area (Å²) in [5, 5.41) is 20.0. The van der Waals surface area contributed by atoms with Crippen molar-refractivity contribution in [1.29, 1.82) is 0 Å². The van der Waals surface area contributed by atoms with Crippen molar-refractivity contribution in [2.45, 2.75) is 135 Å². The average Bonchev–Trinajstić information content (AvgIpc) is 3.24. The van der Waals surface area contributed by atoms with Crippen molar-refractivity contribution in [3.63, 3.8) is 0 Å². The SMILES string of the molecule is CC(=O)OC[C@H]1O[C@@H](OCCCNC(=O)CCNC(=O)OCC(O)COC(=O)NCCC(=O)NCCCO[C@H]2C[C@@H](OC(C)=O)[C@@H](OC(C)=O)[C@@H](COC(C)=O)O2)C[C@@H](OC(C)=O)[C@H]1OC(C)=O. The maximum absolute atomic E-state index is 12.2. The molecule has 2 heterocycles. The number of esters is 6. The van der Waals surface area contributed by atoms with Gasteiger partial charge in [0.25, 0.3) is 0 Å². The van der Waals surface area contributed by atoms with Gasteiger partial charge in [-0.3, -0.25) is 38.4 Å². The summed E-state index contributed by atoms with van der Waals surface area (Å²) in [6, 6.07) is 0. The number of ether oxygens (including phenoxy) is 12. The Morgan fingerprint density at radius 3 is 1.21 bits per heavy atom. The third-order valence-electron chi connectivity index (χ3n) is 9.06. The maximum Gasteiger partial charge on any atom is 0.407 e. The largest absolute Gasteiger partial charge is 0.463 e. The number of hydrogen-bond donors (Lipinski definition) is 5. The second kappa shape index (κ2) is 32.0. The van der Waals surface area contributed by atoms with E-state index < -0.39 is 128 Å². The van der Waals surface area contributed by atoms with Gasteiger partial charge in [-0.1, -0.05) is 0 Å². The van der Waals surface area contributed by atoms with Gasteiger partial charge in [0.15, 0.2) is 24.8 Å². The molecule has 0 aliphatic carbocycles. The number of carbonyl (C=O) groups excluding carboxylic acids is 10. The van der Waals surface area contributed by atoms with E-state index in [-0.39, 0.29) is 78.3 Å². The Morgan fingerprint density at radius 1 is 0.500 bits per heavy atom. The molecule has 27 heteroatoms. The molecule has 0 spiro atoms. The zero-order valence-electron chi connectivity index (χ0n) is 38.9. The fourth-order valence-corrected chi connectivity index (χ4v) is 6.26. The molecule has 0 aromatic heterocycles. The van der Waals surface area contributed by atoms with Crippen LogP contribution in [0.15, 0.2) is 0 Å². The summed E-state index contributed by atoms with van der Waals surface area (Å²) in [5.41, 5.74) is 0. The molecular weight excluding hydrogens is 916 g/mol. The normalized spacial score (nSPS) is 22.0. The first kappa shape index (κ1) is 58.2. The Balaban J connectivity index is 1.55. The fourth-order valence-electron chi connectivity index (χ4n) is 6.26. The molecule has 27 nitrogen and oxygen atoms in total. The van der Waals surface area contributed by atoms with Crippen LogP contribution in [0, 0.1) is 0 Å². The van der Waals surface area contributed by atoms with Crippen LogP contribution in [0.1, 0.15) is 80.1 Å². The first-order valence-electron chi connectivity index (χ1n) is 21.7. The Bertz CT molecular complexity index is 1570. The summed E-state index contributed by atoms with van der Waals surface area (Å²) in [6.07, 6.45) is -10.5. The number of nitrogens with one attached hydrogen (secondary N) is 4. The van der Waals surface area contributed by atoms with Gasteiger partial charge in [-0.15, -0.1) is 0 Å². The molecule has 0 unspecified atom stereocenters. The molecule has 0 radical (unpaired) electrons. The number of hydrogen-bond acceptors (Lipinski definition) is 23.